The molecule has 1 aliphatic heterocycles. The molecule has 0 bridgehead atoms. The zero-order chi connectivity index (χ0) is 25.5. The number of aliphatic hydroxyl groups excluding tert-OH is 2. The lowest BCUT2D eigenvalue weighted by Crippen LogP contribution is -2.40. The van der Waals surface area contributed by atoms with Gasteiger partial charge >= 0.3 is 7.60 Å². The molecule has 4 unspecified atom stereocenters. The SMILES string of the molecule is CCC(C)(CC1OC(n2cnc3c(NC)nc(N)nc32)[C@H](O)[C@@H]1O)OP(=O)(O)C(O)(CC)CC. The summed E-state index contributed by atoms with van der Waals surface area (Å²) in [5.74, 6) is 0.393. The van der Waals surface area contributed by atoms with Crippen LogP contribution in [-0.4, -0.2) is 76.0 Å². The van der Waals surface area contributed by atoms with Crippen molar-refractivity contribution in [1.29, 1.82) is 0 Å². The van der Waals surface area contributed by atoms with Crippen LogP contribution in [0.25, 0.3) is 11.2 Å². The van der Waals surface area contributed by atoms with Gasteiger partial charge in [0, 0.05) is 13.5 Å². The smallest absolute Gasteiger partial charge is 0.359 e. The number of ether oxygens (including phenoxy) is 1. The van der Waals surface area contributed by atoms with E-state index in [1.165, 1.54) is 10.9 Å². The molecule has 6 atom stereocenters. The van der Waals surface area contributed by atoms with Crippen LogP contribution in [0.4, 0.5) is 11.8 Å². The average molecular weight is 503 g/mol. The van der Waals surface area contributed by atoms with Gasteiger partial charge in [0.15, 0.2) is 28.6 Å². The van der Waals surface area contributed by atoms with Crippen molar-refractivity contribution in [1.82, 2.24) is 19.5 Å². The van der Waals surface area contributed by atoms with Gasteiger partial charge in [0.05, 0.1) is 18.0 Å². The van der Waals surface area contributed by atoms with Crippen LogP contribution in [0.1, 0.15) is 59.6 Å². The quantitative estimate of drug-likeness (QED) is 0.255. The van der Waals surface area contributed by atoms with Gasteiger partial charge in [-0.1, -0.05) is 20.8 Å². The van der Waals surface area contributed by atoms with Crippen LogP contribution in [0.3, 0.4) is 0 Å². The lowest BCUT2D eigenvalue weighted by atomic mass is 9.93. The van der Waals surface area contributed by atoms with Crippen LogP contribution in [0, 0.1) is 0 Å². The molecule has 0 amide bonds. The highest BCUT2D eigenvalue weighted by atomic mass is 31.2. The van der Waals surface area contributed by atoms with Crippen molar-refractivity contribution in [2.24, 2.45) is 0 Å². The van der Waals surface area contributed by atoms with Gasteiger partial charge in [0.25, 0.3) is 0 Å². The third-order valence-electron chi connectivity index (χ3n) is 6.67. The number of nitrogens with two attached hydrogens (primary N) is 1. The van der Waals surface area contributed by atoms with E-state index in [0.29, 0.717) is 17.0 Å². The fraction of sp³-hybridized carbons (Fsp3) is 0.750. The molecule has 1 aliphatic rings. The molecule has 0 spiro atoms. The summed E-state index contributed by atoms with van der Waals surface area (Å²) >= 11 is 0. The van der Waals surface area contributed by atoms with E-state index in [2.05, 4.69) is 20.3 Å². The standard InChI is InChI=1S/C20H35N6O7P/c1-6-19(4,33-34(30,31)20(29,7-2)8-3)9-11-13(27)14(28)17(32-11)26-10-23-12-15(22-5)24-18(21)25-16(12)26/h10-11,13-14,17,27-29H,6-9H2,1-5H3,(H,30,31)(H3,21,22,24,25)/t11?,13-,14-,17?,19?/m1/s1. The average Bonchev–Trinajstić information content (AvgIpc) is 3.33. The third-order valence-corrected chi connectivity index (χ3v) is 9.04. The summed E-state index contributed by atoms with van der Waals surface area (Å²) in [6.45, 7) is 6.58. The summed E-state index contributed by atoms with van der Waals surface area (Å²) < 4.78 is 26.0. The second kappa shape index (κ2) is 9.65. The highest BCUT2D eigenvalue weighted by Gasteiger charge is 2.51. The van der Waals surface area contributed by atoms with Gasteiger partial charge in [0.2, 0.25) is 5.95 Å². The largest absolute Gasteiger partial charge is 0.388 e. The van der Waals surface area contributed by atoms with E-state index in [4.69, 9.17) is 15.0 Å². The lowest BCUT2D eigenvalue weighted by molar-refractivity contribution is -0.0696. The monoisotopic (exact) mass is 502 g/mol. The second-order valence-electron chi connectivity index (χ2n) is 8.86. The summed E-state index contributed by atoms with van der Waals surface area (Å²) in [7, 11) is -2.79. The van der Waals surface area contributed by atoms with Crippen molar-refractivity contribution in [2.75, 3.05) is 18.1 Å². The van der Waals surface area contributed by atoms with Crippen LogP contribution in [0.5, 0.6) is 0 Å². The van der Waals surface area contributed by atoms with Crippen molar-refractivity contribution in [3.05, 3.63) is 6.33 Å². The van der Waals surface area contributed by atoms with Gasteiger partial charge in [0.1, 0.15) is 12.2 Å². The van der Waals surface area contributed by atoms with Crippen LogP contribution < -0.4 is 11.1 Å². The summed E-state index contributed by atoms with van der Waals surface area (Å²) in [4.78, 5) is 23.1. The Kier molecular flexibility index (Phi) is 7.59. The molecule has 2 aromatic rings. The van der Waals surface area contributed by atoms with Crippen LogP contribution in [0.2, 0.25) is 0 Å². The van der Waals surface area contributed by atoms with Crippen molar-refractivity contribution in [3.63, 3.8) is 0 Å². The van der Waals surface area contributed by atoms with Gasteiger partial charge in [-0.25, -0.2) is 4.98 Å². The maximum atomic E-state index is 13.0. The maximum absolute atomic E-state index is 13.0. The van der Waals surface area contributed by atoms with E-state index in [1.54, 1.807) is 34.7 Å². The summed E-state index contributed by atoms with van der Waals surface area (Å²) in [6, 6.07) is 0. The number of hydrogen-bond acceptors (Lipinski definition) is 11. The molecule has 0 radical (unpaired) electrons. The van der Waals surface area contributed by atoms with E-state index in [9.17, 15) is 24.8 Å². The molecule has 13 nitrogen and oxygen atoms in total. The molecule has 3 heterocycles. The molecule has 1 saturated heterocycles. The number of aromatic nitrogens is 4. The predicted molar refractivity (Wildman–Crippen MR) is 125 cm³/mol. The molecule has 192 valence electrons. The van der Waals surface area contributed by atoms with Crippen molar-refractivity contribution < 1.29 is 34.0 Å². The van der Waals surface area contributed by atoms with Crippen LogP contribution in [-0.2, 0) is 13.8 Å². The van der Waals surface area contributed by atoms with Gasteiger partial charge in [-0.2, -0.15) is 9.97 Å². The summed E-state index contributed by atoms with van der Waals surface area (Å²) in [5, 5.41) is 33.1. The van der Waals surface area contributed by atoms with E-state index in [-0.39, 0.29) is 31.6 Å². The number of nitrogen functional groups attached to an aromatic ring is 1. The molecule has 0 saturated carbocycles. The Labute approximate surface area is 197 Å². The van der Waals surface area contributed by atoms with Crippen molar-refractivity contribution in [2.45, 2.75) is 88.9 Å². The number of anilines is 2. The number of nitrogens with one attached hydrogen (secondary N) is 1. The van der Waals surface area contributed by atoms with Crippen molar-refractivity contribution >= 4 is 30.5 Å². The fourth-order valence-electron chi connectivity index (χ4n) is 4.13. The molecule has 34 heavy (non-hydrogen) atoms. The summed E-state index contributed by atoms with van der Waals surface area (Å²) in [6.07, 6.45) is -2.91. The Balaban J connectivity index is 1.87. The summed E-state index contributed by atoms with van der Waals surface area (Å²) in [5.41, 5.74) is 5.27. The number of rotatable bonds is 10. The topological polar surface area (TPSA) is 198 Å². The van der Waals surface area contributed by atoms with Gasteiger partial charge in [-0.3, -0.25) is 9.13 Å². The first kappa shape index (κ1) is 26.7. The number of imidazole rings is 1. The van der Waals surface area contributed by atoms with E-state index < -0.39 is 43.1 Å². The first-order chi connectivity index (χ1) is 15.8. The molecule has 3 rings (SSSR count). The minimum absolute atomic E-state index is 0.00632. The highest BCUT2D eigenvalue weighted by molar-refractivity contribution is 7.54. The lowest BCUT2D eigenvalue weighted by Gasteiger charge is -2.38. The Hall–Kier alpha value is -1.86. The molecule has 14 heteroatoms. The van der Waals surface area contributed by atoms with Crippen molar-refractivity contribution in [3.8, 4) is 0 Å². The zero-order valence-corrected chi connectivity index (χ0v) is 20.9. The van der Waals surface area contributed by atoms with Gasteiger partial charge < -0.3 is 40.5 Å². The highest BCUT2D eigenvalue weighted by Crippen LogP contribution is 2.60. The molecular formula is C20H35N6O7P. The Bertz CT molecular complexity index is 1060. The first-order valence-corrected chi connectivity index (χ1v) is 12.9. The predicted octanol–water partition coefficient (Wildman–Crippen LogP) is 1.34. The van der Waals surface area contributed by atoms with Crippen LogP contribution in [0.15, 0.2) is 6.33 Å². The van der Waals surface area contributed by atoms with E-state index >= 15 is 0 Å². The van der Waals surface area contributed by atoms with E-state index in [1.807, 2.05) is 0 Å². The minimum Gasteiger partial charge on any atom is -0.388 e. The Morgan fingerprint density at radius 3 is 2.44 bits per heavy atom. The van der Waals surface area contributed by atoms with Gasteiger partial charge in [-0.15, -0.1) is 0 Å². The maximum Gasteiger partial charge on any atom is 0.359 e. The Morgan fingerprint density at radius 1 is 1.24 bits per heavy atom. The number of hydrogen-bond donors (Lipinski definition) is 6. The normalized spacial score (nSPS) is 27.0. The van der Waals surface area contributed by atoms with Crippen LogP contribution >= 0.6 is 7.60 Å². The fourth-order valence-corrected chi connectivity index (χ4v) is 5.90. The number of nitrogens with zero attached hydrogens (tertiary/aromatic N) is 4. The first-order valence-electron chi connectivity index (χ1n) is 11.3. The molecular weight excluding hydrogens is 467 g/mol. The molecule has 7 N–H and O–H groups in total. The third kappa shape index (κ3) is 4.66. The second-order valence-corrected chi connectivity index (χ2v) is 10.9. The minimum atomic E-state index is -4.45. The zero-order valence-electron chi connectivity index (χ0n) is 20.0. The Morgan fingerprint density at radius 2 is 1.88 bits per heavy atom. The number of aliphatic hydroxyl groups is 3. The molecule has 0 aromatic carbocycles. The molecule has 0 aliphatic carbocycles. The van der Waals surface area contributed by atoms with Gasteiger partial charge in [-0.05, 0) is 26.2 Å². The molecule has 1 fully saturated rings. The number of fused-ring (bicyclic) bond motifs is 1. The molecule has 2 aromatic heterocycles. The van der Waals surface area contributed by atoms with E-state index in [0.717, 1.165) is 0 Å².